The summed E-state index contributed by atoms with van der Waals surface area (Å²) in [5.41, 5.74) is 0.310. The Hall–Kier alpha value is -3.65. The largest absolute Gasteiger partial charge is 0.457 e. The molecule has 32 heavy (non-hydrogen) atoms. The Morgan fingerprint density at radius 1 is 1.06 bits per heavy atom. The van der Waals surface area contributed by atoms with Crippen LogP contribution in [-0.2, 0) is 6.54 Å². The number of benzene rings is 2. The van der Waals surface area contributed by atoms with Crippen LogP contribution in [0.5, 0.6) is 11.5 Å². The minimum atomic E-state index is -0.260. The fourth-order valence-electron chi connectivity index (χ4n) is 3.53. The zero-order chi connectivity index (χ0) is 21.9. The van der Waals surface area contributed by atoms with E-state index in [0.29, 0.717) is 29.4 Å². The molecule has 0 bridgehead atoms. The molecule has 0 radical (unpaired) electrons. The number of nitrogens with one attached hydrogen (secondary N) is 1. The van der Waals surface area contributed by atoms with Gasteiger partial charge in [-0.2, -0.15) is 0 Å². The molecule has 2 aromatic carbocycles. The Morgan fingerprint density at radius 2 is 1.84 bits per heavy atom. The van der Waals surface area contributed by atoms with Gasteiger partial charge in [0, 0.05) is 12.6 Å². The third-order valence-electron chi connectivity index (χ3n) is 5.24. The highest BCUT2D eigenvalue weighted by Gasteiger charge is 2.30. The van der Waals surface area contributed by atoms with E-state index in [2.05, 4.69) is 10.4 Å². The molecule has 0 aliphatic heterocycles. The molecule has 7 nitrogen and oxygen atoms in total. The summed E-state index contributed by atoms with van der Waals surface area (Å²) in [4.78, 5) is 26.7. The number of hydrogen-bond acceptors (Lipinski definition) is 5. The van der Waals surface area contributed by atoms with Gasteiger partial charge in [0.15, 0.2) is 5.82 Å². The van der Waals surface area contributed by atoms with E-state index in [9.17, 15) is 9.59 Å². The van der Waals surface area contributed by atoms with Crippen molar-refractivity contribution in [2.45, 2.75) is 25.4 Å². The number of nitrogens with zero attached hydrogens (tertiary/aromatic N) is 3. The van der Waals surface area contributed by atoms with E-state index in [1.807, 2.05) is 53.9 Å². The van der Waals surface area contributed by atoms with Crippen LogP contribution in [-0.4, -0.2) is 26.8 Å². The maximum atomic E-state index is 12.9. The monoisotopic (exact) mass is 446 g/mol. The van der Waals surface area contributed by atoms with Gasteiger partial charge in [0.25, 0.3) is 5.91 Å². The van der Waals surface area contributed by atoms with E-state index >= 15 is 0 Å². The van der Waals surface area contributed by atoms with E-state index in [1.54, 1.807) is 34.1 Å². The molecule has 1 saturated carbocycles. The number of para-hydroxylation sites is 2. The van der Waals surface area contributed by atoms with Gasteiger partial charge in [-0.1, -0.05) is 36.4 Å². The molecular formula is C24H22N4O3S. The Bertz CT molecular complexity index is 1270. The number of rotatable bonds is 8. The van der Waals surface area contributed by atoms with Gasteiger partial charge in [-0.05, 0) is 48.6 Å². The predicted molar refractivity (Wildman–Crippen MR) is 123 cm³/mol. The number of carbonyl (C=O) groups is 1. The lowest BCUT2D eigenvalue weighted by atomic mass is 10.2. The number of hydrogen-bond donors (Lipinski definition) is 1. The van der Waals surface area contributed by atoms with Crippen LogP contribution in [0.1, 0.15) is 29.2 Å². The lowest BCUT2D eigenvalue weighted by Gasteiger charge is -2.11. The summed E-state index contributed by atoms with van der Waals surface area (Å²) >= 11 is 1.57. The third-order valence-corrected chi connectivity index (χ3v) is 6.10. The fourth-order valence-corrected chi connectivity index (χ4v) is 4.24. The molecule has 162 valence electrons. The Labute approximate surface area is 188 Å². The highest BCUT2D eigenvalue weighted by Crippen LogP contribution is 2.37. The van der Waals surface area contributed by atoms with Crippen LogP contribution in [0.2, 0.25) is 0 Å². The van der Waals surface area contributed by atoms with Gasteiger partial charge in [0.05, 0.1) is 17.0 Å². The Balaban J connectivity index is 1.28. The van der Waals surface area contributed by atoms with E-state index in [0.717, 1.165) is 17.7 Å². The van der Waals surface area contributed by atoms with Crippen molar-refractivity contribution in [1.82, 2.24) is 19.7 Å². The van der Waals surface area contributed by atoms with E-state index < -0.39 is 0 Å². The molecule has 1 N–H and O–H groups in total. The minimum absolute atomic E-state index is 0.127. The van der Waals surface area contributed by atoms with Crippen molar-refractivity contribution in [2.24, 2.45) is 0 Å². The number of carbonyl (C=O) groups excluding carboxylic acids is 1. The molecule has 1 aliphatic rings. The Kier molecular flexibility index (Phi) is 5.60. The smallest absolute Gasteiger partial charge is 0.346 e. The lowest BCUT2D eigenvalue weighted by Crippen LogP contribution is -2.32. The van der Waals surface area contributed by atoms with Gasteiger partial charge < -0.3 is 10.1 Å². The average Bonchev–Trinajstić information content (AvgIpc) is 3.38. The van der Waals surface area contributed by atoms with Gasteiger partial charge in [0.1, 0.15) is 11.5 Å². The molecule has 2 aromatic heterocycles. The molecule has 2 heterocycles. The number of aromatic nitrogens is 3. The normalized spacial score (nSPS) is 13.1. The van der Waals surface area contributed by atoms with Crippen molar-refractivity contribution >= 4 is 17.2 Å². The number of thiophene rings is 1. The second-order valence-electron chi connectivity index (χ2n) is 7.57. The van der Waals surface area contributed by atoms with Crippen molar-refractivity contribution in [2.75, 3.05) is 6.54 Å². The van der Waals surface area contributed by atoms with Crippen LogP contribution in [0.15, 0.2) is 76.9 Å². The standard InChI is InChI=1S/C24H22N4O3S/c29-23(19-9-4-5-10-20(19)31-18-7-2-1-3-8-18)25-14-15-27-24(30)28(17-12-13-17)22(26-27)21-11-6-16-32-21/h1-11,16-17H,12-15H2,(H,25,29). The summed E-state index contributed by atoms with van der Waals surface area (Å²) in [7, 11) is 0. The second kappa shape index (κ2) is 8.84. The van der Waals surface area contributed by atoms with Crippen molar-refractivity contribution in [3.8, 4) is 22.2 Å². The molecule has 0 unspecified atom stereocenters. The summed E-state index contributed by atoms with van der Waals surface area (Å²) in [6.07, 6.45) is 2.00. The van der Waals surface area contributed by atoms with Crippen LogP contribution in [0.25, 0.3) is 10.7 Å². The van der Waals surface area contributed by atoms with Gasteiger partial charge in [-0.25, -0.2) is 9.48 Å². The maximum Gasteiger partial charge on any atom is 0.346 e. The molecule has 0 atom stereocenters. The first-order valence-corrected chi connectivity index (χ1v) is 11.4. The zero-order valence-corrected chi connectivity index (χ0v) is 18.1. The summed E-state index contributed by atoms with van der Waals surface area (Å²) in [5.74, 6) is 1.59. The molecule has 0 saturated heterocycles. The van der Waals surface area contributed by atoms with E-state index in [4.69, 9.17) is 4.74 Å². The van der Waals surface area contributed by atoms with Crippen molar-refractivity contribution in [3.63, 3.8) is 0 Å². The van der Waals surface area contributed by atoms with Gasteiger partial charge in [-0.3, -0.25) is 9.36 Å². The predicted octanol–water partition coefficient (Wildman–Crippen LogP) is 4.33. The van der Waals surface area contributed by atoms with E-state index in [-0.39, 0.29) is 24.2 Å². The molecule has 1 amide bonds. The van der Waals surface area contributed by atoms with Gasteiger partial charge in [0.2, 0.25) is 0 Å². The summed E-state index contributed by atoms with van der Waals surface area (Å²) in [5, 5.41) is 9.42. The highest BCUT2D eigenvalue weighted by molar-refractivity contribution is 7.13. The summed E-state index contributed by atoms with van der Waals surface area (Å²) in [6, 6.07) is 20.6. The van der Waals surface area contributed by atoms with Crippen LogP contribution in [0.3, 0.4) is 0 Å². The van der Waals surface area contributed by atoms with Crippen molar-refractivity contribution in [1.29, 1.82) is 0 Å². The summed E-state index contributed by atoms with van der Waals surface area (Å²) < 4.78 is 9.11. The number of ether oxygens (including phenoxy) is 1. The number of amides is 1. The van der Waals surface area contributed by atoms with Crippen molar-refractivity contribution < 1.29 is 9.53 Å². The molecule has 5 rings (SSSR count). The highest BCUT2D eigenvalue weighted by atomic mass is 32.1. The first-order chi connectivity index (χ1) is 15.7. The van der Waals surface area contributed by atoms with Crippen LogP contribution >= 0.6 is 11.3 Å². The van der Waals surface area contributed by atoms with E-state index in [1.165, 1.54) is 4.68 Å². The van der Waals surface area contributed by atoms with Gasteiger partial charge in [-0.15, -0.1) is 16.4 Å². The average molecular weight is 447 g/mol. The molecular weight excluding hydrogens is 424 g/mol. The lowest BCUT2D eigenvalue weighted by molar-refractivity contribution is 0.0949. The quantitative estimate of drug-likeness (QED) is 0.437. The molecule has 8 heteroatoms. The van der Waals surface area contributed by atoms with Crippen LogP contribution in [0, 0.1) is 0 Å². The van der Waals surface area contributed by atoms with Crippen LogP contribution < -0.4 is 15.7 Å². The molecule has 1 fully saturated rings. The second-order valence-corrected chi connectivity index (χ2v) is 8.52. The fraction of sp³-hybridized carbons (Fsp3) is 0.208. The SMILES string of the molecule is O=C(NCCn1nc(-c2cccs2)n(C2CC2)c1=O)c1ccccc1Oc1ccccc1. The van der Waals surface area contributed by atoms with Gasteiger partial charge >= 0.3 is 5.69 Å². The van der Waals surface area contributed by atoms with Crippen LogP contribution in [0.4, 0.5) is 0 Å². The summed E-state index contributed by atoms with van der Waals surface area (Å²) in [6.45, 7) is 0.578. The molecule has 1 aliphatic carbocycles. The topological polar surface area (TPSA) is 78.2 Å². The maximum absolute atomic E-state index is 12.9. The Morgan fingerprint density at radius 3 is 2.59 bits per heavy atom. The molecule has 0 spiro atoms. The molecule has 4 aromatic rings. The minimum Gasteiger partial charge on any atom is -0.457 e. The van der Waals surface area contributed by atoms with Crippen molar-refractivity contribution in [3.05, 3.63) is 88.2 Å². The third kappa shape index (κ3) is 4.22. The zero-order valence-electron chi connectivity index (χ0n) is 17.3. The first kappa shape index (κ1) is 20.3. The first-order valence-electron chi connectivity index (χ1n) is 10.5.